The fourth-order valence-corrected chi connectivity index (χ4v) is 2.07. The minimum absolute atomic E-state index is 0.0280. The van der Waals surface area contributed by atoms with Gasteiger partial charge in [0.05, 0.1) is 6.04 Å². The molecule has 0 aliphatic heterocycles. The summed E-state index contributed by atoms with van der Waals surface area (Å²) in [6, 6.07) is 9.89. The van der Waals surface area contributed by atoms with Gasteiger partial charge >= 0.3 is 6.09 Å². The number of rotatable bonds is 5. The molecule has 0 spiro atoms. The zero-order valence-corrected chi connectivity index (χ0v) is 12.4. The minimum Gasteiger partial charge on any atom is -0.465 e. The van der Waals surface area contributed by atoms with Crippen LogP contribution < -0.4 is 5.32 Å². The summed E-state index contributed by atoms with van der Waals surface area (Å²) in [5, 5.41) is 10.6. The molecule has 2 N–H and O–H groups in total. The van der Waals surface area contributed by atoms with E-state index in [0.29, 0.717) is 0 Å². The van der Waals surface area contributed by atoms with Crippen molar-refractivity contribution >= 4 is 29.6 Å². The van der Waals surface area contributed by atoms with Crippen molar-refractivity contribution in [1.82, 2.24) is 10.2 Å². The zero-order chi connectivity index (χ0) is 15.0. The van der Waals surface area contributed by atoms with E-state index < -0.39 is 6.09 Å². The van der Waals surface area contributed by atoms with E-state index in [2.05, 4.69) is 29.1 Å². The molecule has 1 aromatic rings. The van der Waals surface area contributed by atoms with E-state index in [1.807, 2.05) is 30.3 Å². The predicted molar refractivity (Wildman–Crippen MR) is 84.4 cm³/mol. The van der Waals surface area contributed by atoms with Gasteiger partial charge in [0.25, 0.3) is 0 Å². The van der Waals surface area contributed by atoms with Gasteiger partial charge in [0.1, 0.15) is 0 Å². The summed E-state index contributed by atoms with van der Waals surface area (Å²) in [6.07, 6.45) is 0.479. The maximum Gasteiger partial charge on any atom is 0.410 e. The first-order valence-corrected chi connectivity index (χ1v) is 6.86. The Morgan fingerprint density at radius 2 is 2.00 bits per heavy atom. The van der Waals surface area contributed by atoms with Gasteiger partial charge < -0.3 is 5.11 Å². The molecular weight excluding hydrogens is 274 g/mol. The number of hydrogen-bond donors (Lipinski definition) is 2. The van der Waals surface area contributed by atoms with Gasteiger partial charge in [0, 0.05) is 6.21 Å². The standard InChI is InChI=1S/C14H19N3O2S/c1-3-17(4-2)12(11-8-6-5-7-9-11)10-15-13(20)16-14(18)19/h5-10,12H,3-4H2,1-2H3,(H,16,20)(H,18,19). The van der Waals surface area contributed by atoms with E-state index in [4.69, 9.17) is 17.3 Å². The second-order valence-corrected chi connectivity index (χ2v) is 4.48. The van der Waals surface area contributed by atoms with Crippen LogP contribution in [0.5, 0.6) is 0 Å². The highest BCUT2D eigenvalue weighted by atomic mass is 32.1. The first kappa shape index (κ1) is 16.3. The third kappa shape index (κ3) is 5.07. The number of aliphatic imine (C=N–C) groups is 1. The summed E-state index contributed by atoms with van der Waals surface area (Å²) in [5.74, 6) is 0. The van der Waals surface area contributed by atoms with Crippen molar-refractivity contribution < 1.29 is 9.90 Å². The highest BCUT2D eigenvalue weighted by molar-refractivity contribution is 7.80. The Morgan fingerprint density at radius 1 is 1.40 bits per heavy atom. The molecule has 0 aliphatic rings. The average Bonchev–Trinajstić information content (AvgIpc) is 2.43. The summed E-state index contributed by atoms with van der Waals surface area (Å²) >= 11 is 4.85. The van der Waals surface area contributed by atoms with Crippen molar-refractivity contribution in [3.63, 3.8) is 0 Å². The van der Waals surface area contributed by atoms with Gasteiger partial charge in [-0.2, -0.15) is 0 Å². The molecular formula is C14H19N3O2S. The average molecular weight is 293 g/mol. The summed E-state index contributed by atoms with van der Waals surface area (Å²) in [6.45, 7) is 5.87. The third-order valence-corrected chi connectivity index (χ3v) is 3.10. The van der Waals surface area contributed by atoms with Crippen LogP contribution in [0.2, 0.25) is 0 Å². The van der Waals surface area contributed by atoms with Crippen LogP contribution >= 0.6 is 12.2 Å². The predicted octanol–water partition coefficient (Wildman–Crippen LogP) is 2.69. The lowest BCUT2D eigenvalue weighted by Gasteiger charge is -2.26. The van der Waals surface area contributed by atoms with Gasteiger partial charge in [-0.05, 0) is 30.9 Å². The summed E-state index contributed by atoms with van der Waals surface area (Å²) in [4.78, 5) is 16.7. The van der Waals surface area contributed by atoms with Crippen LogP contribution in [0.4, 0.5) is 4.79 Å². The molecule has 0 aromatic heterocycles. The Hall–Kier alpha value is -1.79. The number of carboxylic acid groups (broad SMARTS) is 1. The van der Waals surface area contributed by atoms with E-state index in [9.17, 15) is 4.79 Å². The lowest BCUT2D eigenvalue weighted by molar-refractivity contribution is 0.200. The number of benzene rings is 1. The largest absolute Gasteiger partial charge is 0.465 e. The van der Waals surface area contributed by atoms with Crippen molar-refractivity contribution in [2.75, 3.05) is 13.1 Å². The number of carbonyl (C=O) groups is 1. The third-order valence-electron chi connectivity index (χ3n) is 2.89. The van der Waals surface area contributed by atoms with Gasteiger partial charge in [0.15, 0.2) is 0 Å². The molecule has 6 heteroatoms. The van der Waals surface area contributed by atoms with Crippen LogP contribution in [0.3, 0.4) is 0 Å². The molecule has 1 atom stereocenters. The highest BCUT2D eigenvalue weighted by Gasteiger charge is 2.15. The second-order valence-electron chi connectivity index (χ2n) is 4.09. The molecule has 108 valence electrons. The highest BCUT2D eigenvalue weighted by Crippen LogP contribution is 2.18. The summed E-state index contributed by atoms with van der Waals surface area (Å²) in [7, 11) is 0. The van der Waals surface area contributed by atoms with E-state index in [1.165, 1.54) is 0 Å². The molecule has 0 heterocycles. The first-order valence-electron chi connectivity index (χ1n) is 6.45. The molecule has 1 rings (SSSR count). The SMILES string of the molecule is CCN(CC)C(C=NC(=S)NC(=O)O)c1ccccc1. The lowest BCUT2D eigenvalue weighted by atomic mass is 10.1. The molecule has 0 aliphatic carbocycles. The Bertz CT molecular complexity index is 473. The first-order chi connectivity index (χ1) is 9.58. The van der Waals surface area contributed by atoms with Gasteiger partial charge in [0.2, 0.25) is 5.11 Å². The van der Waals surface area contributed by atoms with E-state index in [1.54, 1.807) is 6.21 Å². The van der Waals surface area contributed by atoms with E-state index in [0.717, 1.165) is 18.7 Å². The van der Waals surface area contributed by atoms with Crippen LogP contribution in [0, 0.1) is 0 Å². The smallest absolute Gasteiger partial charge is 0.410 e. The molecule has 0 bridgehead atoms. The lowest BCUT2D eigenvalue weighted by Crippen LogP contribution is -2.31. The number of nitrogens with zero attached hydrogens (tertiary/aromatic N) is 2. The monoisotopic (exact) mass is 293 g/mol. The molecule has 20 heavy (non-hydrogen) atoms. The molecule has 1 unspecified atom stereocenters. The Morgan fingerprint density at radius 3 is 2.50 bits per heavy atom. The van der Waals surface area contributed by atoms with E-state index >= 15 is 0 Å². The van der Waals surface area contributed by atoms with Crippen molar-refractivity contribution in [3.8, 4) is 0 Å². The quantitative estimate of drug-likeness (QED) is 0.647. The molecule has 1 aromatic carbocycles. The van der Waals surface area contributed by atoms with Crippen LogP contribution in [0.1, 0.15) is 25.5 Å². The van der Waals surface area contributed by atoms with Crippen LogP contribution in [0.25, 0.3) is 0 Å². The van der Waals surface area contributed by atoms with Gasteiger partial charge in [-0.1, -0.05) is 44.2 Å². The van der Waals surface area contributed by atoms with Gasteiger partial charge in [-0.3, -0.25) is 10.2 Å². The molecule has 5 nitrogen and oxygen atoms in total. The van der Waals surface area contributed by atoms with Crippen molar-refractivity contribution in [1.29, 1.82) is 0 Å². The van der Waals surface area contributed by atoms with E-state index in [-0.39, 0.29) is 11.2 Å². The Balaban J connectivity index is 2.91. The van der Waals surface area contributed by atoms with Gasteiger partial charge in [-0.25, -0.2) is 9.79 Å². The molecule has 1 amide bonds. The van der Waals surface area contributed by atoms with Gasteiger partial charge in [-0.15, -0.1) is 0 Å². The summed E-state index contributed by atoms with van der Waals surface area (Å²) < 4.78 is 0. The maximum absolute atomic E-state index is 10.5. The van der Waals surface area contributed by atoms with Crippen LogP contribution in [-0.2, 0) is 0 Å². The Labute approximate surface area is 124 Å². The van der Waals surface area contributed by atoms with Crippen molar-refractivity contribution in [3.05, 3.63) is 35.9 Å². The number of hydrogen-bond acceptors (Lipinski definition) is 3. The topological polar surface area (TPSA) is 64.9 Å². The van der Waals surface area contributed by atoms with Crippen molar-refractivity contribution in [2.45, 2.75) is 19.9 Å². The molecule has 0 radical (unpaired) electrons. The second kappa shape index (κ2) is 8.39. The number of amides is 1. The fourth-order valence-electron chi connectivity index (χ4n) is 1.92. The fraction of sp³-hybridized carbons (Fsp3) is 0.357. The zero-order valence-electron chi connectivity index (χ0n) is 11.6. The minimum atomic E-state index is -1.20. The van der Waals surface area contributed by atoms with Crippen molar-refractivity contribution in [2.24, 2.45) is 4.99 Å². The number of thiocarbonyl (C=S) groups is 1. The van der Waals surface area contributed by atoms with Crippen LogP contribution in [-0.4, -0.2) is 40.5 Å². The molecule has 0 fully saturated rings. The molecule has 0 saturated carbocycles. The maximum atomic E-state index is 10.5. The number of nitrogens with one attached hydrogen (secondary N) is 1. The Kier molecular flexibility index (Phi) is 6.83. The van der Waals surface area contributed by atoms with Crippen LogP contribution in [0.15, 0.2) is 35.3 Å². The molecule has 0 saturated heterocycles. The summed E-state index contributed by atoms with van der Waals surface area (Å²) in [5.41, 5.74) is 1.10. The normalized spacial score (nSPS) is 12.6.